The molecule has 1 fully saturated rings. The van der Waals surface area contributed by atoms with Crippen molar-refractivity contribution < 1.29 is 0 Å². The minimum Gasteiger partial charge on any atom is -0.369 e. The van der Waals surface area contributed by atoms with Gasteiger partial charge in [-0.2, -0.15) is 0 Å². The summed E-state index contributed by atoms with van der Waals surface area (Å²) in [6.45, 7) is 5.59. The number of hydrogen-bond acceptors (Lipinski definition) is 3. The maximum absolute atomic E-state index is 4.86. The number of nitrogens with zero attached hydrogens (tertiary/aromatic N) is 4. The van der Waals surface area contributed by atoms with Crippen LogP contribution in [0.1, 0.15) is 18.9 Å². The number of aliphatic imine (C=N–C) groups is 1. The Hall–Kier alpha value is -3.28. The third-order valence-electron chi connectivity index (χ3n) is 5.18. The summed E-state index contributed by atoms with van der Waals surface area (Å²) in [6, 6.07) is 19.3. The van der Waals surface area contributed by atoms with Gasteiger partial charge >= 0.3 is 0 Å². The second kappa shape index (κ2) is 9.28. The highest BCUT2D eigenvalue weighted by molar-refractivity contribution is 5.80. The molecule has 0 saturated carbocycles. The molecule has 29 heavy (non-hydrogen) atoms. The molecule has 0 radical (unpaired) electrons. The van der Waals surface area contributed by atoms with Gasteiger partial charge in [0.1, 0.15) is 0 Å². The molecule has 4 rings (SSSR count). The van der Waals surface area contributed by atoms with E-state index in [2.05, 4.69) is 76.0 Å². The summed E-state index contributed by atoms with van der Waals surface area (Å²) >= 11 is 0. The fourth-order valence-corrected chi connectivity index (χ4v) is 3.73. The molecule has 6 nitrogen and oxygen atoms in total. The fourth-order valence-electron chi connectivity index (χ4n) is 3.73. The van der Waals surface area contributed by atoms with Gasteiger partial charge in [0.25, 0.3) is 0 Å². The molecule has 2 N–H and O–H groups in total. The quantitative estimate of drug-likeness (QED) is 0.503. The monoisotopic (exact) mass is 388 g/mol. The highest BCUT2D eigenvalue weighted by Crippen LogP contribution is 2.20. The molecule has 2 heterocycles. The van der Waals surface area contributed by atoms with Gasteiger partial charge in [-0.15, -0.1) is 0 Å². The Labute approximate surface area is 172 Å². The Morgan fingerprint density at radius 1 is 1.14 bits per heavy atom. The van der Waals surface area contributed by atoms with Crippen LogP contribution in [0.2, 0.25) is 0 Å². The molecule has 0 amide bonds. The summed E-state index contributed by atoms with van der Waals surface area (Å²) in [5.41, 5.74) is 3.56. The molecule has 2 aromatic carbocycles. The molecule has 6 heteroatoms. The van der Waals surface area contributed by atoms with Crippen molar-refractivity contribution in [3.8, 4) is 5.69 Å². The van der Waals surface area contributed by atoms with Crippen molar-refractivity contribution in [3.05, 3.63) is 78.9 Å². The molecule has 1 atom stereocenters. The standard InChI is InChI=1S/C23H28N6/c1-2-25-23(27-20-12-14-28(17-20)21-9-4-3-5-10-21)26-16-19-8-6-7-11-22(19)29-15-13-24-18-29/h3-11,13,15,18,20H,2,12,14,16-17H2,1H3,(H2,25,26,27). The van der Waals surface area contributed by atoms with E-state index in [9.17, 15) is 0 Å². The molecular weight excluding hydrogens is 360 g/mol. The maximum Gasteiger partial charge on any atom is 0.191 e. The van der Waals surface area contributed by atoms with Crippen molar-refractivity contribution in [2.75, 3.05) is 24.5 Å². The minimum absolute atomic E-state index is 0.386. The Balaban J connectivity index is 1.43. The first-order valence-electron chi connectivity index (χ1n) is 10.2. The van der Waals surface area contributed by atoms with Crippen LogP contribution in [0.25, 0.3) is 5.69 Å². The number of anilines is 1. The molecule has 0 spiro atoms. The van der Waals surface area contributed by atoms with Gasteiger partial charge in [-0.25, -0.2) is 9.98 Å². The van der Waals surface area contributed by atoms with E-state index in [0.29, 0.717) is 12.6 Å². The molecule has 1 unspecified atom stereocenters. The molecule has 1 aromatic heterocycles. The van der Waals surface area contributed by atoms with E-state index in [-0.39, 0.29) is 0 Å². The van der Waals surface area contributed by atoms with Gasteiger partial charge in [0.2, 0.25) is 0 Å². The predicted molar refractivity (Wildman–Crippen MR) is 119 cm³/mol. The lowest BCUT2D eigenvalue weighted by Gasteiger charge is -2.20. The van der Waals surface area contributed by atoms with E-state index in [0.717, 1.165) is 37.7 Å². The van der Waals surface area contributed by atoms with E-state index >= 15 is 0 Å². The number of aromatic nitrogens is 2. The molecule has 1 aliphatic heterocycles. The molecule has 3 aromatic rings. The Morgan fingerprint density at radius 3 is 2.76 bits per heavy atom. The van der Waals surface area contributed by atoms with Gasteiger partial charge in [0.05, 0.1) is 18.6 Å². The third kappa shape index (κ3) is 4.77. The lowest BCUT2D eigenvalue weighted by molar-refractivity contribution is 0.649. The van der Waals surface area contributed by atoms with E-state index in [1.807, 2.05) is 23.2 Å². The van der Waals surface area contributed by atoms with Crippen molar-refractivity contribution in [2.45, 2.75) is 25.9 Å². The predicted octanol–water partition coefficient (Wildman–Crippen LogP) is 3.21. The smallest absolute Gasteiger partial charge is 0.191 e. The van der Waals surface area contributed by atoms with Gasteiger partial charge in [-0.05, 0) is 37.1 Å². The second-order valence-electron chi connectivity index (χ2n) is 7.21. The van der Waals surface area contributed by atoms with E-state index < -0.39 is 0 Å². The van der Waals surface area contributed by atoms with Crippen molar-refractivity contribution in [2.24, 2.45) is 4.99 Å². The molecule has 0 bridgehead atoms. The van der Waals surface area contributed by atoms with Crippen LogP contribution in [0.4, 0.5) is 5.69 Å². The van der Waals surface area contributed by atoms with Crippen LogP contribution in [-0.4, -0.2) is 41.2 Å². The van der Waals surface area contributed by atoms with Gasteiger partial charge in [0, 0.05) is 43.8 Å². The number of hydrogen-bond donors (Lipinski definition) is 2. The lowest BCUT2D eigenvalue weighted by atomic mass is 10.2. The molecule has 1 saturated heterocycles. The third-order valence-corrected chi connectivity index (χ3v) is 5.18. The number of imidazole rings is 1. The van der Waals surface area contributed by atoms with E-state index in [1.54, 1.807) is 6.20 Å². The largest absolute Gasteiger partial charge is 0.369 e. The Bertz CT molecular complexity index is 920. The molecule has 150 valence electrons. The summed E-state index contributed by atoms with van der Waals surface area (Å²) < 4.78 is 2.03. The van der Waals surface area contributed by atoms with Crippen molar-refractivity contribution >= 4 is 11.6 Å². The summed E-state index contributed by atoms with van der Waals surface area (Å²) in [4.78, 5) is 11.4. The molecule has 0 aliphatic carbocycles. The van der Waals surface area contributed by atoms with Crippen molar-refractivity contribution in [1.29, 1.82) is 0 Å². The fraction of sp³-hybridized carbons (Fsp3) is 0.304. The maximum atomic E-state index is 4.86. The van der Waals surface area contributed by atoms with Crippen LogP contribution < -0.4 is 15.5 Å². The summed E-state index contributed by atoms with van der Waals surface area (Å²) in [6.07, 6.45) is 6.68. The number of nitrogens with one attached hydrogen (secondary N) is 2. The first-order valence-corrected chi connectivity index (χ1v) is 10.2. The van der Waals surface area contributed by atoms with Crippen molar-refractivity contribution in [3.63, 3.8) is 0 Å². The minimum atomic E-state index is 0.386. The highest BCUT2D eigenvalue weighted by Gasteiger charge is 2.23. The Morgan fingerprint density at radius 2 is 1.97 bits per heavy atom. The van der Waals surface area contributed by atoms with Gasteiger partial charge in [-0.1, -0.05) is 36.4 Å². The topological polar surface area (TPSA) is 57.5 Å². The highest BCUT2D eigenvalue weighted by atomic mass is 15.2. The Kier molecular flexibility index (Phi) is 6.10. The number of para-hydroxylation sites is 2. The van der Waals surface area contributed by atoms with Crippen molar-refractivity contribution in [1.82, 2.24) is 20.2 Å². The van der Waals surface area contributed by atoms with Crippen LogP contribution in [-0.2, 0) is 6.54 Å². The average molecular weight is 389 g/mol. The number of benzene rings is 2. The number of guanidine groups is 1. The average Bonchev–Trinajstić information content (AvgIpc) is 3.45. The summed E-state index contributed by atoms with van der Waals surface area (Å²) in [7, 11) is 0. The van der Waals surface area contributed by atoms with Crippen LogP contribution in [0, 0.1) is 0 Å². The summed E-state index contributed by atoms with van der Waals surface area (Å²) in [5, 5.41) is 7.01. The summed E-state index contributed by atoms with van der Waals surface area (Å²) in [5.74, 6) is 0.868. The van der Waals surface area contributed by atoms with Crippen LogP contribution in [0.15, 0.2) is 78.3 Å². The van der Waals surface area contributed by atoms with Gasteiger partial charge in [-0.3, -0.25) is 0 Å². The zero-order valence-electron chi connectivity index (χ0n) is 16.8. The first-order chi connectivity index (χ1) is 14.3. The van der Waals surface area contributed by atoms with Crippen LogP contribution >= 0.6 is 0 Å². The van der Waals surface area contributed by atoms with E-state index in [1.165, 1.54) is 11.3 Å². The normalized spacial score (nSPS) is 16.8. The van der Waals surface area contributed by atoms with Gasteiger partial charge in [0.15, 0.2) is 5.96 Å². The zero-order valence-corrected chi connectivity index (χ0v) is 16.8. The van der Waals surface area contributed by atoms with Crippen LogP contribution in [0.3, 0.4) is 0 Å². The lowest BCUT2D eigenvalue weighted by Crippen LogP contribution is -2.44. The SMILES string of the molecule is CCNC(=NCc1ccccc1-n1ccnc1)NC1CCN(c2ccccc2)C1. The number of rotatable bonds is 6. The van der Waals surface area contributed by atoms with E-state index in [4.69, 9.17) is 4.99 Å². The first kappa shape index (κ1) is 19.1. The molecule has 1 aliphatic rings. The molecular formula is C23H28N6. The van der Waals surface area contributed by atoms with Gasteiger partial charge < -0.3 is 20.1 Å². The zero-order chi connectivity index (χ0) is 19.9. The second-order valence-corrected chi connectivity index (χ2v) is 7.21. The van der Waals surface area contributed by atoms with Crippen LogP contribution in [0.5, 0.6) is 0 Å².